The van der Waals surface area contributed by atoms with E-state index in [2.05, 4.69) is 15.4 Å². The molecule has 8 nitrogen and oxygen atoms in total. The Bertz CT molecular complexity index is 1400. The molecule has 0 unspecified atom stereocenters. The maximum absolute atomic E-state index is 14.5. The molecule has 172 valence electrons. The monoisotopic (exact) mass is 493 g/mol. The summed E-state index contributed by atoms with van der Waals surface area (Å²) >= 11 is 6.22. The van der Waals surface area contributed by atoms with Crippen molar-refractivity contribution in [1.29, 1.82) is 0 Å². The minimum Gasteiger partial charge on any atom is -0.338 e. The van der Waals surface area contributed by atoms with E-state index in [9.17, 15) is 22.0 Å². The van der Waals surface area contributed by atoms with Crippen molar-refractivity contribution in [1.82, 2.24) is 14.1 Å². The normalized spacial score (nSPS) is 13.0. The molecule has 1 aliphatic heterocycles. The summed E-state index contributed by atoms with van der Waals surface area (Å²) in [6.07, 6.45) is 1.30. The van der Waals surface area contributed by atoms with Crippen molar-refractivity contribution in [3.05, 3.63) is 70.4 Å². The van der Waals surface area contributed by atoms with E-state index in [1.807, 2.05) is 0 Å². The molecule has 1 amide bonds. The molecule has 2 aromatic carbocycles. The molecule has 0 spiro atoms. The lowest BCUT2D eigenvalue weighted by Crippen LogP contribution is -2.37. The number of nitrogens with zero attached hydrogens (tertiary/aromatic N) is 4. The van der Waals surface area contributed by atoms with Crippen molar-refractivity contribution < 1.29 is 22.0 Å². The molecule has 2 heterocycles. The van der Waals surface area contributed by atoms with Gasteiger partial charge in [-0.1, -0.05) is 17.7 Å². The first-order chi connectivity index (χ1) is 15.5. The van der Waals surface area contributed by atoms with E-state index in [4.69, 9.17) is 11.6 Å². The Kier molecular flexibility index (Phi) is 5.71. The van der Waals surface area contributed by atoms with Crippen LogP contribution in [0.2, 0.25) is 5.02 Å². The summed E-state index contributed by atoms with van der Waals surface area (Å²) in [6, 6.07) is 7.69. The zero-order valence-corrected chi connectivity index (χ0v) is 19.2. The Balaban J connectivity index is 1.85. The van der Waals surface area contributed by atoms with Crippen molar-refractivity contribution in [2.24, 2.45) is 4.99 Å². The van der Waals surface area contributed by atoms with Gasteiger partial charge in [-0.25, -0.2) is 31.2 Å². The number of hydrogen-bond acceptors (Lipinski definition) is 6. The fourth-order valence-corrected chi connectivity index (χ4v) is 4.40. The standard InChI is InChI=1S/C21H18ClF2N5O3S/c1-11(2)33(31,32)28(3)21(30)12-7-8-16-17(9-12)29-20(13(22)10-25-29)27-19(26-16)18-14(23)5-4-6-15(18)24/h4-11H,1-3H3,(H,26,27). The number of carbonyl (C=O) groups is 1. The highest BCUT2D eigenvalue weighted by Crippen LogP contribution is 2.35. The van der Waals surface area contributed by atoms with Crippen LogP contribution in [0.4, 0.5) is 20.3 Å². The van der Waals surface area contributed by atoms with Crippen molar-refractivity contribution >= 4 is 44.9 Å². The number of benzene rings is 2. The molecule has 0 bridgehead atoms. The number of carbonyl (C=O) groups excluding carboxylic acids is 1. The van der Waals surface area contributed by atoms with Crippen LogP contribution < -0.4 is 5.32 Å². The summed E-state index contributed by atoms with van der Waals surface area (Å²) in [6.45, 7) is 2.94. The average molecular weight is 494 g/mol. The molecule has 4 rings (SSSR count). The topological polar surface area (TPSA) is 96.7 Å². The van der Waals surface area contributed by atoms with Gasteiger partial charge in [0.1, 0.15) is 22.5 Å². The third-order valence-corrected chi connectivity index (χ3v) is 7.49. The molecular weight excluding hydrogens is 476 g/mol. The molecule has 0 saturated heterocycles. The second-order valence-corrected chi connectivity index (χ2v) is 10.4. The predicted molar refractivity (Wildman–Crippen MR) is 121 cm³/mol. The zero-order chi connectivity index (χ0) is 24.1. The number of amides is 1. The van der Waals surface area contributed by atoms with Gasteiger partial charge in [0.2, 0.25) is 10.0 Å². The van der Waals surface area contributed by atoms with Crippen molar-refractivity contribution in [3.63, 3.8) is 0 Å². The lowest BCUT2D eigenvalue weighted by atomic mass is 10.1. The minimum absolute atomic E-state index is 0.0559. The van der Waals surface area contributed by atoms with Crippen molar-refractivity contribution in [2.45, 2.75) is 19.1 Å². The zero-order valence-electron chi connectivity index (χ0n) is 17.7. The summed E-state index contributed by atoms with van der Waals surface area (Å²) < 4.78 is 55.7. The number of rotatable bonds is 4. The summed E-state index contributed by atoms with van der Waals surface area (Å²) in [7, 11) is -2.66. The van der Waals surface area contributed by atoms with E-state index in [1.54, 1.807) is 0 Å². The van der Waals surface area contributed by atoms with E-state index in [0.29, 0.717) is 9.99 Å². The van der Waals surface area contributed by atoms with E-state index < -0.39 is 38.4 Å². The van der Waals surface area contributed by atoms with Gasteiger partial charge in [-0.2, -0.15) is 5.10 Å². The van der Waals surface area contributed by atoms with Crippen LogP contribution in [0.15, 0.2) is 47.6 Å². The number of hydrogen-bond donors (Lipinski definition) is 1. The highest BCUT2D eigenvalue weighted by Gasteiger charge is 2.29. The van der Waals surface area contributed by atoms with Gasteiger partial charge in [0.15, 0.2) is 5.82 Å². The van der Waals surface area contributed by atoms with Gasteiger partial charge in [0.05, 0.1) is 28.4 Å². The maximum atomic E-state index is 14.5. The van der Waals surface area contributed by atoms with Crippen LogP contribution in [0.25, 0.3) is 5.69 Å². The molecule has 0 saturated carbocycles. The number of anilines is 1. The van der Waals surface area contributed by atoms with Crippen LogP contribution in [0.1, 0.15) is 29.8 Å². The Morgan fingerprint density at radius 1 is 1.18 bits per heavy atom. The van der Waals surface area contributed by atoms with E-state index in [1.165, 1.54) is 56.0 Å². The van der Waals surface area contributed by atoms with Gasteiger partial charge in [-0.05, 0) is 44.2 Å². The summed E-state index contributed by atoms with van der Waals surface area (Å²) in [5.41, 5.74) is 0.270. The molecule has 3 aromatic rings. The molecule has 0 atom stereocenters. The van der Waals surface area contributed by atoms with Crippen LogP contribution in [0.5, 0.6) is 0 Å². The molecule has 0 fully saturated rings. The Labute approximate surface area is 193 Å². The predicted octanol–water partition coefficient (Wildman–Crippen LogP) is 4.12. The summed E-state index contributed by atoms with van der Waals surface area (Å²) in [4.78, 5) is 17.2. The lowest BCUT2D eigenvalue weighted by Gasteiger charge is -2.20. The van der Waals surface area contributed by atoms with Crippen LogP contribution in [0, 0.1) is 11.6 Å². The molecule has 12 heteroatoms. The molecule has 0 aliphatic carbocycles. The Morgan fingerprint density at radius 2 is 1.85 bits per heavy atom. The van der Waals surface area contributed by atoms with Gasteiger partial charge in [0, 0.05) is 12.6 Å². The number of sulfonamides is 1. The fraction of sp³-hybridized carbons (Fsp3) is 0.190. The Hall–Kier alpha value is -3.31. The molecule has 1 aromatic heterocycles. The number of fused-ring (bicyclic) bond motifs is 3. The molecular formula is C21H18ClF2N5O3S. The summed E-state index contributed by atoms with van der Waals surface area (Å²) in [5, 5.41) is 6.34. The molecule has 1 N–H and O–H groups in total. The number of nitrogens with one attached hydrogen (secondary N) is 1. The Morgan fingerprint density at radius 3 is 2.48 bits per heavy atom. The van der Waals surface area contributed by atoms with Crippen LogP contribution >= 0.6 is 11.6 Å². The summed E-state index contributed by atoms with van der Waals surface area (Å²) in [5.74, 6) is -2.49. The van der Waals surface area contributed by atoms with Crippen molar-refractivity contribution in [3.8, 4) is 5.69 Å². The smallest absolute Gasteiger partial charge is 0.267 e. The highest BCUT2D eigenvalue weighted by atomic mass is 35.5. The fourth-order valence-electron chi connectivity index (χ4n) is 3.26. The SMILES string of the molecule is CC(C)S(=O)(=O)N(C)C(=O)c1ccc2c(c1)-n1ncc(Cl)c1N=C(c1c(F)cccc1F)N2. The van der Waals surface area contributed by atoms with Gasteiger partial charge in [-0.3, -0.25) is 4.79 Å². The molecule has 1 aliphatic rings. The number of aromatic nitrogens is 2. The van der Waals surface area contributed by atoms with Crippen LogP contribution in [0.3, 0.4) is 0 Å². The van der Waals surface area contributed by atoms with Gasteiger partial charge < -0.3 is 5.32 Å². The second kappa shape index (κ2) is 8.23. The van der Waals surface area contributed by atoms with E-state index in [-0.39, 0.29) is 27.9 Å². The number of amidine groups is 1. The lowest BCUT2D eigenvalue weighted by molar-refractivity contribution is 0.0882. The third kappa shape index (κ3) is 3.87. The first-order valence-corrected chi connectivity index (χ1v) is 11.6. The van der Waals surface area contributed by atoms with Crippen LogP contribution in [-0.2, 0) is 10.0 Å². The average Bonchev–Trinajstić information content (AvgIpc) is 3.03. The number of halogens is 3. The molecule has 33 heavy (non-hydrogen) atoms. The van der Waals surface area contributed by atoms with E-state index in [0.717, 1.165) is 12.1 Å². The highest BCUT2D eigenvalue weighted by molar-refractivity contribution is 7.90. The minimum atomic E-state index is -3.84. The third-order valence-electron chi connectivity index (χ3n) is 5.11. The van der Waals surface area contributed by atoms with E-state index >= 15 is 0 Å². The first kappa shape index (κ1) is 22.9. The van der Waals surface area contributed by atoms with Gasteiger partial charge in [0.25, 0.3) is 5.91 Å². The van der Waals surface area contributed by atoms with Crippen molar-refractivity contribution in [2.75, 3.05) is 12.4 Å². The number of aliphatic imine (C=N–C) groups is 1. The second-order valence-electron chi connectivity index (χ2n) is 7.51. The quantitative estimate of drug-likeness (QED) is 0.589. The van der Waals surface area contributed by atoms with Gasteiger partial charge >= 0.3 is 0 Å². The van der Waals surface area contributed by atoms with Gasteiger partial charge in [-0.15, -0.1) is 0 Å². The first-order valence-electron chi connectivity index (χ1n) is 9.72. The largest absolute Gasteiger partial charge is 0.338 e. The maximum Gasteiger partial charge on any atom is 0.267 e. The molecule has 0 radical (unpaired) electrons. The van der Waals surface area contributed by atoms with Crippen LogP contribution in [-0.4, -0.2) is 46.5 Å².